The van der Waals surface area contributed by atoms with Gasteiger partial charge in [-0.05, 0) is 38.3 Å². The molecule has 30 heavy (non-hydrogen) atoms. The summed E-state index contributed by atoms with van der Waals surface area (Å²) in [6, 6.07) is 8.19. The van der Waals surface area contributed by atoms with Crippen LogP contribution in [-0.4, -0.2) is 21.1 Å². The Kier molecular flexibility index (Phi) is 5.48. The first-order valence-corrected chi connectivity index (χ1v) is 9.97. The number of rotatable bonds is 5. The number of hydrogen-bond donors (Lipinski definition) is 1. The Labute approximate surface area is 171 Å². The maximum Gasteiger partial charge on any atom is 0.252 e. The average molecular weight is 412 g/mol. The number of nitrogens with zero attached hydrogens (tertiary/aromatic N) is 3. The fraction of sp³-hybridized carbons (Fsp3) is 0.318. The van der Waals surface area contributed by atoms with Gasteiger partial charge in [0.25, 0.3) is 5.56 Å². The average Bonchev–Trinajstić information content (AvgIpc) is 3.13. The Morgan fingerprint density at radius 3 is 2.80 bits per heavy atom. The van der Waals surface area contributed by atoms with Crippen molar-refractivity contribution in [2.45, 2.75) is 39.2 Å². The lowest BCUT2D eigenvalue weighted by atomic mass is 10.0. The van der Waals surface area contributed by atoms with Crippen molar-refractivity contribution in [1.29, 1.82) is 0 Å². The summed E-state index contributed by atoms with van der Waals surface area (Å²) in [5.41, 5.74) is 2.47. The van der Waals surface area contributed by atoms with Gasteiger partial charge >= 0.3 is 0 Å². The van der Waals surface area contributed by atoms with Crippen LogP contribution in [0.25, 0.3) is 0 Å². The zero-order chi connectivity index (χ0) is 21.3. The third-order valence-electron chi connectivity index (χ3n) is 5.16. The van der Waals surface area contributed by atoms with Crippen molar-refractivity contribution in [1.82, 2.24) is 14.5 Å². The van der Waals surface area contributed by atoms with E-state index >= 15 is 0 Å². The van der Waals surface area contributed by atoms with E-state index in [1.54, 1.807) is 12.1 Å². The van der Waals surface area contributed by atoms with Crippen LogP contribution in [0.1, 0.15) is 43.3 Å². The van der Waals surface area contributed by atoms with Crippen molar-refractivity contribution in [3.63, 3.8) is 0 Å². The van der Waals surface area contributed by atoms with Crippen molar-refractivity contribution in [3.05, 3.63) is 81.0 Å². The number of aryl methyl sites for hydroxylation is 2. The molecule has 0 aliphatic carbocycles. The summed E-state index contributed by atoms with van der Waals surface area (Å²) in [5, 5.41) is 0. The molecule has 3 heterocycles. The summed E-state index contributed by atoms with van der Waals surface area (Å²) in [4.78, 5) is 24.1. The van der Waals surface area contributed by atoms with Crippen molar-refractivity contribution >= 4 is 5.69 Å². The van der Waals surface area contributed by atoms with Gasteiger partial charge in [0.1, 0.15) is 11.6 Å². The predicted octanol–water partition coefficient (Wildman–Crippen LogP) is 3.58. The maximum absolute atomic E-state index is 14.5. The van der Waals surface area contributed by atoms with E-state index in [9.17, 15) is 13.6 Å². The third kappa shape index (κ3) is 3.77. The molecule has 0 radical (unpaired) electrons. The highest BCUT2D eigenvalue weighted by molar-refractivity contribution is 5.44. The monoisotopic (exact) mass is 412 g/mol. The van der Waals surface area contributed by atoms with E-state index in [2.05, 4.69) is 15.0 Å². The highest BCUT2D eigenvalue weighted by Crippen LogP contribution is 2.31. The quantitative estimate of drug-likeness (QED) is 0.696. The van der Waals surface area contributed by atoms with Crippen molar-refractivity contribution < 1.29 is 13.5 Å². The molecule has 1 aromatic carbocycles. The van der Waals surface area contributed by atoms with Crippen LogP contribution in [0, 0.1) is 11.6 Å². The number of aromatic nitrogens is 3. The van der Waals surface area contributed by atoms with Crippen LogP contribution in [-0.2, 0) is 12.8 Å². The Morgan fingerprint density at radius 1 is 1.23 bits per heavy atom. The molecule has 0 saturated heterocycles. The first kappa shape index (κ1) is 20.0. The van der Waals surface area contributed by atoms with Gasteiger partial charge in [-0.3, -0.25) is 9.78 Å². The molecule has 8 heteroatoms. The highest BCUT2D eigenvalue weighted by Gasteiger charge is 2.27. The van der Waals surface area contributed by atoms with Crippen molar-refractivity contribution in [2.24, 2.45) is 4.99 Å². The lowest BCUT2D eigenvalue weighted by Crippen LogP contribution is -2.33. The standard InChI is InChI=1S/C22H22F2N4O2/c1-3-17-18(8-10-21(25-17)30-4-2)26-22-27-20(29)12-14-6-9-19(28(14)22)15-7-5-13(23)11-16(15)24/h5,7-8,10-12,19H,3-4,6,9H2,1-2H3,(H,26,27,29). The zero-order valence-electron chi connectivity index (χ0n) is 16.8. The van der Waals surface area contributed by atoms with Crippen molar-refractivity contribution in [2.75, 3.05) is 6.61 Å². The lowest BCUT2D eigenvalue weighted by molar-refractivity contribution is 0.326. The minimum absolute atomic E-state index is 0.280. The second-order valence-corrected chi connectivity index (χ2v) is 7.05. The largest absolute Gasteiger partial charge is 0.478 e. The Morgan fingerprint density at radius 2 is 2.07 bits per heavy atom. The summed E-state index contributed by atoms with van der Waals surface area (Å²) in [6.45, 7) is 4.35. The molecule has 1 aliphatic rings. The molecule has 0 bridgehead atoms. The van der Waals surface area contributed by atoms with E-state index in [0.29, 0.717) is 48.6 Å². The highest BCUT2D eigenvalue weighted by atomic mass is 19.1. The van der Waals surface area contributed by atoms with Crippen LogP contribution >= 0.6 is 0 Å². The molecule has 6 nitrogen and oxygen atoms in total. The summed E-state index contributed by atoms with van der Waals surface area (Å²) in [5.74, 6) is -0.729. The summed E-state index contributed by atoms with van der Waals surface area (Å²) in [7, 11) is 0. The van der Waals surface area contributed by atoms with Crippen LogP contribution in [0.3, 0.4) is 0 Å². The summed E-state index contributed by atoms with van der Waals surface area (Å²) < 4.78 is 35.2. The number of ether oxygens (including phenoxy) is 1. The molecule has 156 valence electrons. The van der Waals surface area contributed by atoms with Crippen LogP contribution in [0.5, 0.6) is 5.88 Å². The van der Waals surface area contributed by atoms with Crippen LogP contribution < -0.4 is 15.9 Å². The fourth-order valence-corrected chi connectivity index (χ4v) is 3.84. The number of pyridine rings is 1. The van der Waals surface area contributed by atoms with Gasteiger partial charge in [0.05, 0.1) is 24.0 Å². The predicted molar refractivity (Wildman–Crippen MR) is 108 cm³/mol. The van der Waals surface area contributed by atoms with Gasteiger partial charge in [-0.15, -0.1) is 0 Å². The number of fused-ring (bicyclic) bond motifs is 1. The van der Waals surface area contributed by atoms with Gasteiger partial charge in [0.15, 0.2) is 0 Å². The topological polar surface area (TPSA) is 72.3 Å². The van der Waals surface area contributed by atoms with E-state index < -0.39 is 17.7 Å². The van der Waals surface area contributed by atoms with Crippen LogP contribution in [0.4, 0.5) is 14.5 Å². The fourth-order valence-electron chi connectivity index (χ4n) is 3.84. The van der Waals surface area contributed by atoms with Crippen molar-refractivity contribution in [3.8, 4) is 5.88 Å². The normalized spacial score (nSPS) is 16.0. The molecule has 1 N–H and O–H groups in total. The number of halogens is 2. The van der Waals surface area contributed by atoms with Gasteiger partial charge in [0, 0.05) is 29.5 Å². The summed E-state index contributed by atoms with van der Waals surface area (Å²) in [6.07, 6.45) is 1.81. The van der Waals surface area contributed by atoms with E-state index in [0.717, 1.165) is 17.5 Å². The van der Waals surface area contributed by atoms with Gasteiger partial charge in [0.2, 0.25) is 11.5 Å². The number of hydrogen-bond acceptors (Lipinski definition) is 4. The van der Waals surface area contributed by atoms with E-state index in [4.69, 9.17) is 4.74 Å². The molecule has 1 unspecified atom stereocenters. The molecular weight excluding hydrogens is 390 g/mol. The van der Waals surface area contributed by atoms with E-state index in [1.165, 1.54) is 18.2 Å². The number of benzene rings is 1. The maximum atomic E-state index is 14.5. The van der Waals surface area contributed by atoms with Gasteiger partial charge < -0.3 is 9.30 Å². The first-order valence-electron chi connectivity index (χ1n) is 9.97. The molecule has 2 aromatic heterocycles. The molecule has 4 rings (SSSR count). The number of nitrogens with one attached hydrogen (secondary N) is 1. The minimum Gasteiger partial charge on any atom is -0.478 e. The van der Waals surface area contributed by atoms with Crippen LogP contribution in [0.2, 0.25) is 0 Å². The Bertz CT molecular complexity index is 1220. The smallest absolute Gasteiger partial charge is 0.252 e. The van der Waals surface area contributed by atoms with Crippen LogP contribution in [0.15, 0.2) is 46.2 Å². The van der Waals surface area contributed by atoms with Gasteiger partial charge in [-0.25, -0.2) is 18.8 Å². The molecule has 0 amide bonds. The minimum atomic E-state index is -0.626. The molecule has 1 aliphatic heterocycles. The summed E-state index contributed by atoms with van der Waals surface area (Å²) >= 11 is 0. The molecular formula is C22H22F2N4O2. The van der Waals surface area contributed by atoms with E-state index in [-0.39, 0.29) is 5.56 Å². The Hall–Kier alpha value is -3.29. The molecule has 0 fully saturated rings. The number of aromatic amines is 1. The molecule has 0 saturated carbocycles. The first-order chi connectivity index (χ1) is 14.5. The number of H-pyrrole nitrogens is 1. The van der Waals surface area contributed by atoms with Gasteiger partial charge in [-0.2, -0.15) is 0 Å². The Balaban J connectivity index is 1.88. The zero-order valence-corrected chi connectivity index (χ0v) is 16.8. The second kappa shape index (κ2) is 8.22. The third-order valence-corrected chi connectivity index (χ3v) is 5.16. The molecule has 1 atom stereocenters. The van der Waals surface area contributed by atoms with E-state index in [1.807, 2.05) is 18.4 Å². The molecule has 3 aromatic rings. The SMILES string of the molecule is CCOc1ccc(/N=c2\[nH]c(=O)cc3n2C(c2ccc(F)cc2F)CC3)c(CC)n1. The van der Waals surface area contributed by atoms with Gasteiger partial charge in [-0.1, -0.05) is 13.0 Å². The lowest BCUT2D eigenvalue weighted by Gasteiger charge is -2.17. The molecule has 0 spiro atoms. The second-order valence-electron chi connectivity index (χ2n) is 7.05.